The summed E-state index contributed by atoms with van der Waals surface area (Å²) < 4.78 is 7.48. The summed E-state index contributed by atoms with van der Waals surface area (Å²) in [6, 6.07) is 3.75. The number of nitrogens with one attached hydrogen (secondary N) is 1. The van der Waals surface area contributed by atoms with Gasteiger partial charge in [-0.15, -0.1) is 5.10 Å². The van der Waals surface area contributed by atoms with Gasteiger partial charge in [0.1, 0.15) is 12.4 Å². The summed E-state index contributed by atoms with van der Waals surface area (Å²) in [5.41, 5.74) is 0.945. The van der Waals surface area contributed by atoms with E-state index in [9.17, 15) is 9.59 Å². The topological polar surface area (TPSA) is 102 Å². The number of rotatable bonds is 4. The zero-order valence-corrected chi connectivity index (χ0v) is 15.1. The van der Waals surface area contributed by atoms with Crippen LogP contribution in [0.4, 0.5) is 0 Å². The van der Waals surface area contributed by atoms with Gasteiger partial charge in [-0.1, -0.05) is 6.07 Å². The van der Waals surface area contributed by atoms with Crippen LogP contribution in [0.3, 0.4) is 0 Å². The lowest BCUT2D eigenvalue weighted by atomic mass is 9.91. The second-order valence-electron chi connectivity index (χ2n) is 7.02. The Morgan fingerprint density at radius 2 is 2.30 bits per heavy atom. The van der Waals surface area contributed by atoms with E-state index in [0.717, 1.165) is 12.0 Å². The molecule has 2 aliphatic rings. The molecule has 4 heterocycles. The van der Waals surface area contributed by atoms with Crippen molar-refractivity contribution in [2.24, 2.45) is 13.0 Å². The molecule has 2 aliphatic heterocycles. The molecule has 9 heteroatoms. The standard InChI is InChI=1S/C18H22N6O3/c1-23-11-21-16(22-23)18(26)24-6-4-13-7-14(27-15(13)10-24)17(25)20-9-12-3-2-5-19-8-12/h2-3,5,8,11,13-15H,4,6-7,9-10H2,1H3,(H,20,25)/t13-,14+,15+/m0/s1. The van der Waals surface area contributed by atoms with Crippen LogP contribution in [0.25, 0.3) is 0 Å². The summed E-state index contributed by atoms with van der Waals surface area (Å²) >= 11 is 0. The van der Waals surface area contributed by atoms with E-state index < -0.39 is 6.10 Å². The number of fused-ring (bicyclic) bond motifs is 1. The van der Waals surface area contributed by atoms with Crippen LogP contribution in [0.5, 0.6) is 0 Å². The van der Waals surface area contributed by atoms with Gasteiger partial charge in [0.05, 0.1) is 6.10 Å². The van der Waals surface area contributed by atoms with Gasteiger partial charge in [0, 0.05) is 39.1 Å². The maximum Gasteiger partial charge on any atom is 0.293 e. The van der Waals surface area contributed by atoms with Crippen molar-refractivity contribution in [2.75, 3.05) is 13.1 Å². The summed E-state index contributed by atoms with van der Waals surface area (Å²) in [6.07, 6.45) is 5.84. The van der Waals surface area contributed by atoms with Crippen molar-refractivity contribution in [3.63, 3.8) is 0 Å². The quantitative estimate of drug-likeness (QED) is 0.822. The lowest BCUT2D eigenvalue weighted by Gasteiger charge is -2.33. The number of hydrogen-bond acceptors (Lipinski definition) is 6. The summed E-state index contributed by atoms with van der Waals surface area (Å²) in [4.78, 5) is 34.7. The molecule has 0 radical (unpaired) electrons. The number of aromatic nitrogens is 4. The minimum atomic E-state index is -0.473. The van der Waals surface area contributed by atoms with Crippen molar-refractivity contribution >= 4 is 11.8 Å². The molecule has 0 aliphatic carbocycles. The Labute approximate surface area is 156 Å². The fourth-order valence-corrected chi connectivity index (χ4v) is 3.67. The van der Waals surface area contributed by atoms with Crippen molar-refractivity contribution in [2.45, 2.75) is 31.6 Å². The van der Waals surface area contributed by atoms with Crippen molar-refractivity contribution in [3.8, 4) is 0 Å². The molecule has 2 saturated heterocycles. The lowest BCUT2D eigenvalue weighted by molar-refractivity contribution is -0.132. The highest BCUT2D eigenvalue weighted by Gasteiger charge is 2.43. The largest absolute Gasteiger partial charge is 0.363 e. The van der Waals surface area contributed by atoms with E-state index in [1.165, 1.54) is 11.0 Å². The van der Waals surface area contributed by atoms with Crippen LogP contribution in [0.2, 0.25) is 0 Å². The van der Waals surface area contributed by atoms with E-state index in [2.05, 4.69) is 20.4 Å². The highest BCUT2D eigenvalue weighted by molar-refractivity contribution is 5.90. The summed E-state index contributed by atoms with van der Waals surface area (Å²) in [6.45, 7) is 1.53. The van der Waals surface area contributed by atoms with Crippen LogP contribution in [0.1, 0.15) is 29.0 Å². The molecule has 27 heavy (non-hydrogen) atoms. The molecule has 4 rings (SSSR count). The third-order valence-electron chi connectivity index (χ3n) is 5.11. The average Bonchev–Trinajstić information content (AvgIpc) is 3.32. The van der Waals surface area contributed by atoms with Crippen LogP contribution in [0, 0.1) is 5.92 Å². The first-order valence-corrected chi connectivity index (χ1v) is 9.07. The minimum Gasteiger partial charge on any atom is -0.363 e. The number of hydrogen-bond donors (Lipinski definition) is 1. The van der Waals surface area contributed by atoms with Crippen LogP contribution >= 0.6 is 0 Å². The number of amides is 2. The predicted molar refractivity (Wildman–Crippen MR) is 94.4 cm³/mol. The monoisotopic (exact) mass is 370 g/mol. The number of aryl methyl sites for hydroxylation is 1. The van der Waals surface area contributed by atoms with Crippen molar-refractivity contribution in [3.05, 3.63) is 42.2 Å². The molecular formula is C18H22N6O3. The zero-order chi connectivity index (χ0) is 18.8. The molecule has 3 atom stereocenters. The number of nitrogens with zero attached hydrogens (tertiary/aromatic N) is 5. The SMILES string of the molecule is Cn1cnc(C(=O)N2CC[C@H]3C[C@H](C(=O)NCc4cccnc4)O[C@@H]3C2)n1. The van der Waals surface area contributed by atoms with Crippen LogP contribution in [0.15, 0.2) is 30.9 Å². The molecular weight excluding hydrogens is 348 g/mol. The number of carbonyl (C=O) groups excluding carboxylic acids is 2. The Morgan fingerprint density at radius 3 is 3.04 bits per heavy atom. The van der Waals surface area contributed by atoms with Crippen molar-refractivity contribution < 1.29 is 14.3 Å². The molecule has 0 spiro atoms. The Morgan fingerprint density at radius 1 is 1.41 bits per heavy atom. The first-order valence-electron chi connectivity index (χ1n) is 9.07. The van der Waals surface area contributed by atoms with E-state index in [1.807, 2.05) is 12.1 Å². The van der Waals surface area contributed by atoms with Gasteiger partial charge in [-0.25, -0.2) is 4.98 Å². The molecule has 0 aromatic carbocycles. The maximum atomic E-state index is 12.5. The Kier molecular flexibility index (Phi) is 4.85. The van der Waals surface area contributed by atoms with Gasteiger partial charge >= 0.3 is 0 Å². The van der Waals surface area contributed by atoms with E-state index >= 15 is 0 Å². The first-order chi connectivity index (χ1) is 13.1. The molecule has 142 valence electrons. The predicted octanol–water partition coefficient (Wildman–Crippen LogP) is 0.146. The van der Waals surface area contributed by atoms with Crippen LogP contribution < -0.4 is 5.32 Å². The Balaban J connectivity index is 1.32. The van der Waals surface area contributed by atoms with Gasteiger partial charge in [-0.3, -0.25) is 19.3 Å². The fourth-order valence-electron chi connectivity index (χ4n) is 3.67. The zero-order valence-electron chi connectivity index (χ0n) is 15.1. The van der Waals surface area contributed by atoms with E-state index in [0.29, 0.717) is 32.0 Å². The number of piperidine rings is 1. The summed E-state index contributed by atoms with van der Waals surface area (Å²) in [5.74, 6) is 0.180. The molecule has 9 nitrogen and oxygen atoms in total. The van der Waals surface area contributed by atoms with E-state index in [-0.39, 0.29) is 23.7 Å². The highest BCUT2D eigenvalue weighted by atomic mass is 16.5. The molecule has 2 aromatic heterocycles. The fraction of sp³-hybridized carbons (Fsp3) is 0.500. The molecule has 0 unspecified atom stereocenters. The first kappa shape index (κ1) is 17.6. The normalized spacial score (nSPS) is 24.5. The van der Waals surface area contributed by atoms with E-state index in [4.69, 9.17) is 4.74 Å². The maximum absolute atomic E-state index is 12.5. The molecule has 2 fully saturated rings. The molecule has 2 aromatic rings. The summed E-state index contributed by atoms with van der Waals surface area (Å²) in [5, 5.41) is 6.98. The summed E-state index contributed by atoms with van der Waals surface area (Å²) in [7, 11) is 1.73. The van der Waals surface area contributed by atoms with Gasteiger partial charge in [0.2, 0.25) is 11.7 Å². The Hall–Kier alpha value is -2.81. The lowest BCUT2D eigenvalue weighted by Crippen LogP contribution is -2.45. The molecule has 0 saturated carbocycles. The van der Waals surface area contributed by atoms with Gasteiger partial charge in [0.15, 0.2) is 0 Å². The van der Waals surface area contributed by atoms with Crippen molar-refractivity contribution in [1.29, 1.82) is 0 Å². The second-order valence-corrected chi connectivity index (χ2v) is 7.02. The van der Waals surface area contributed by atoms with Gasteiger partial charge in [-0.2, -0.15) is 0 Å². The number of ether oxygens (including phenoxy) is 1. The van der Waals surface area contributed by atoms with Crippen LogP contribution in [-0.4, -0.2) is 61.8 Å². The smallest absolute Gasteiger partial charge is 0.293 e. The molecule has 2 amide bonds. The van der Waals surface area contributed by atoms with Gasteiger partial charge in [0.25, 0.3) is 5.91 Å². The number of likely N-dealkylation sites (tertiary alicyclic amines) is 1. The van der Waals surface area contributed by atoms with Crippen molar-refractivity contribution in [1.82, 2.24) is 30.0 Å². The van der Waals surface area contributed by atoms with Gasteiger partial charge in [-0.05, 0) is 30.4 Å². The third kappa shape index (κ3) is 3.82. The highest BCUT2D eigenvalue weighted by Crippen LogP contribution is 2.33. The molecule has 1 N–H and O–H groups in total. The number of carbonyl (C=O) groups is 2. The second kappa shape index (κ2) is 7.43. The third-order valence-corrected chi connectivity index (χ3v) is 5.11. The van der Waals surface area contributed by atoms with Gasteiger partial charge < -0.3 is 15.0 Å². The number of pyridine rings is 1. The minimum absolute atomic E-state index is 0.113. The van der Waals surface area contributed by atoms with E-state index in [1.54, 1.807) is 24.3 Å². The Bertz CT molecular complexity index is 824. The average molecular weight is 370 g/mol. The molecule has 0 bridgehead atoms. The van der Waals surface area contributed by atoms with Crippen LogP contribution in [-0.2, 0) is 23.1 Å².